The highest BCUT2D eigenvalue weighted by molar-refractivity contribution is 9.10. The summed E-state index contributed by atoms with van der Waals surface area (Å²) in [4.78, 5) is 2.45. The van der Waals surface area contributed by atoms with Crippen molar-refractivity contribution in [1.29, 1.82) is 0 Å². The zero-order chi connectivity index (χ0) is 21.9. The Bertz CT molecular complexity index is 881. The van der Waals surface area contributed by atoms with Crippen LogP contribution in [0, 0.1) is 0 Å². The normalized spacial score (nSPS) is 12.1. The first-order chi connectivity index (χ1) is 14.0. The monoisotopic (exact) mass is 463 g/mol. The molecule has 3 rings (SSSR count). The molecule has 0 fully saturated rings. The second kappa shape index (κ2) is 8.98. The van der Waals surface area contributed by atoms with Crippen LogP contribution in [0.5, 0.6) is 0 Å². The molecular formula is C28H34BrN. The maximum Gasteiger partial charge on any atom is 0.0433 e. The number of nitrogens with zero attached hydrogens (tertiary/aromatic N) is 1. The summed E-state index contributed by atoms with van der Waals surface area (Å²) in [5, 5.41) is 0. The molecule has 0 aliphatic carbocycles. The van der Waals surface area contributed by atoms with E-state index >= 15 is 0 Å². The van der Waals surface area contributed by atoms with Gasteiger partial charge in [-0.05, 0) is 57.3 Å². The van der Waals surface area contributed by atoms with Gasteiger partial charge in [-0.1, -0.05) is 106 Å². The SMILES string of the molecule is CC(C)(C)c1ccc(CN(Cc2ccc(C(C)(C)C)cc2)c2ccc(Br)cc2)cc1. The molecule has 0 heterocycles. The predicted molar refractivity (Wildman–Crippen MR) is 134 cm³/mol. The van der Waals surface area contributed by atoms with Crippen molar-refractivity contribution in [2.45, 2.75) is 65.5 Å². The smallest absolute Gasteiger partial charge is 0.0433 e. The predicted octanol–water partition coefficient (Wildman–Crippen LogP) is 8.25. The van der Waals surface area contributed by atoms with Crippen molar-refractivity contribution in [2.75, 3.05) is 4.90 Å². The van der Waals surface area contributed by atoms with Crippen molar-refractivity contribution in [1.82, 2.24) is 0 Å². The van der Waals surface area contributed by atoms with Crippen LogP contribution in [0.15, 0.2) is 77.3 Å². The highest BCUT2D eigenvalue weighted by Gasteiger charge is 2.15. The van der Waals surface area contributed by atoms with Gasteiger partial charge in [-0.3, -0.25) is 0 Å². The zero-order valence-electron chi connectivity index (χ0n) is 19.2. The molecule has 0 atom stereocenters. The van der Waals surface area contributed by atoms with Crippen LogP contribution in [0.2, 0.25) is 0 Å². The lowest BCUT2D eigenvalue weighted by atomic mass is 9.86. The summed E-state index contributed by atoms with van der Waals surface area (Å²) >= 11 is 3.56. The van der Waals surface area contributed by atoms with Gasteiger partial charge in [0.1, 0.15) is 0 Å². The summed E-state index contributed by atoms with van der Waals surface area (Å²) in [6.45, 7) is 15.3. The van der Waals surface area contributed by atoms with Crippen molar-refractivity contribution in [3.63, 3.8) is 0 Å². The van der Waals surface area contributed by atoms with Gasteiger partial charge in [0, 0.05) is 23.2 Å². The van der Waals surface area contributed by atoms with Gasteiger partial charge in [0.15, 0.2) is 0 Å². The zero-order valence-corrected chi connectivity index (χ0v) is 20.8. The van der Waals surface area contributed by atoms with E-state index < -0.39 is 0 Å². The first-order valence-corrected chi connectivity index (χ1v) is 11.5. The molecule has 158 valence electrons. The van der Waals surface area contributed by atoms with Crippen LogP contribution in [-0.2, 0) is 23.9 Å². The molecule has 0 saturated carbocycles. The van der Waals surface area contributed by atoms with E-state index in [-0.39, 0.29) is 10.8 Å². The Hall–Kier alpha value is -2.06. The summed E-state index contributed by atoms with van der Waals surface area (Å²) < 4.78 is 1.11. The van der Waals surface area contributed by atoms with Gasteiger partial charge in [0.2, 0.25) is 0 Å². The average molecular weight is 464 g/mol. The number of halogens is 1. The highest BCUT2D eigenvalue weighted by atomic mass is 79.9. The molecule has 2 heteroatoms. The summed E-state index contributed by atoms with van der Waals surface area (Å²) in [7, 11) is 0. The summed E-state index contributed by atoms with van der Waals surface area (Å²) in [5.74, 6) is 0. The standard InChI is InChI=1S/C28H34BrN/c1-27(2,3)23-11-7-21(8-12-23)19-30(26-17-15-25(29)16-18-26)20-22-9-13-24(14-10-22)28(4,5)6/h7-18H,19-20H2,1-6H3. The fourth-order valence-corrected chi connectivity index (χ4v) is 3.82. The Morgan fingerprint density at radius 3 is 1.27 bits per heavy atom. The molecule has 0 radical (unpaired) electrons. The van der Waals surface area contributed by atoms with Crippen LogP contribution in [0.4, 0.5) is 5.69 Å². The molecule has 0 unspecified atom stereocenters. The third kappa shape index (κ3) is 5.98. The topological polar surface area (TPSA) is 3.24 Å². The minimum atomic E-state index is 0.179. The van der Waals surface area contributed by atoms with Crippen LogP contribution in [-0.4, -0.2) is 0 Å². The maximum atomic E-state index is 3.56. The molecule has 0 saturated heterocycles. The van der Waals surface area contributed by atoms with Gasteiger partial charge in [-0.2, -0.15) is 0 Å². The van der Waals surface area contributed by atoms with Gasteiger partial charge in [0.25, 0.3) is 0 Å². The molecule has 0 aliphatic heterocycles. The van der Waals surface area contributed by atoms with Crippen molar-refractivity contribution in [2.24, 2.45) is 0 Å². The van der Waals surface area contributed by atoms with E-state index in [1.807, 2.05) is 0 Å². The van der Waals surface area contributed by atoms with E-state index in [1.165, 1.54) is 27.9 Å². The molecule has 0 spiro atoms. The van der Waals surface area contributed by atoms with Gasteiger partial charge in [0.05, 0.1) is 0 Å². The third-order valence-corrected chi connectivity index (χ3v) is 6.11. The molecule has 0 aliphatic rings. The third-order valence-electron chi connectivity index (χ3n) is 5.58. The molecule has 30 heavy (non-hydrogen) atoms. The van der Waals surface area contributed by atoms with Crippen LogP contribution in [0.3, 0.4) is 0 Å². The molecule has 3 aromatic carbocycles. The number of anilines is 1. The Morgan fingerprint density at radius 2 is 0.933 bits per heavy atom. The van der Waals surface area contributed by atoms with Crippen molar-refractivity contribution >= 4 is 21.6 Å². The molecule has 0 aromatic heterocycles. The second-order valence-electron chi connectivity index (χ2n) is 10.2. The fourth-order valence-electron chi connectivity index (χ4n) is 3.55. The van der Waals surface area contributed by atoms with Gasteiger partial charge in [-0.25, -0.2) is 0 Å². The Kier molecular flexibility index (Phi) is 6.77. The first kappa shape index (κ1) is 22.6. The molecule has 0 bridgehead atoms. The molecule has 3 aromatic rings. The van der Waals surface area contributed by atoms with Crippen LogP contribution < -0.4 is 4.90 Å². The van der Waals surface area contributed by atoms with Gasteiger partial charge < -0.3 is 4.90 Å². The Labute approximate surface area is 191 Å². The molecule has 0 N–H and O–H groups in total. The highest BCUT2D eigenvalue weighted by Crippen LogP contribution is 2.27. The largest absolute Gasteiger partial charge is 0.363 e. The van der Waals surface area contributed by atoms with Crippen molar-refractivity contribution in [3.8, 4) is 0 Å². The molecule has 0 amide bonds. The first-order valence-electron chi connectivity index (χ1n) is 10.7. The lowest BCUT2D eigenvalue weighted by Gasteiger charge is -2.27. The minimum Gasteiger partial charge on any atom is -0.363 e. The lowest BCUT2D eigenvalue weighted by molar-refractivity contribution is 0.590. The quantitative estimate of drug-likeness (QED) is 0.367. The van der Waals surface area contributed by atoms with E-state index in [0.717, 1.165) is 17.6 Å². The number of hydrogen-bond acceptors (Lipinski definition) is 1. The lowest BCUT2D eigenvalue weighted by Crippen LogP contribution is -2.22. The Balaban J connectivity index is 1.85. The van der Waals surface area contributed by atoms with Gasteiger partial charge in [-0.15, -0.1) is 0 Å². The summed E-state index contributed by atoms with van der Waals surface area (Å²) in [6.07, 6.45) is 0. The van der Waals surface area contributed by atoms with Crippen molar-refractivity contribution < 1.29 is 0 Å². The van der Waals surface area contributed by atoms with E-state index in [1.54, 1.807) is 0 Å². The summed E-state index contributed by atoms with van der Waals surface area (Å²) in [5.41, 5.74) is 7.00. The summed E-state index contributed by atoms with van der Waals surface area (Å²) in [6, 6.07) is 26.8. The maximum absolute atomic E-state index is 3.56. The number of benzene rings is 3. The average Bonchev–Trinajstić information content (AvgIpc) is 2.67. The minimum absolute atomic E-state index is 0.179. The Morgan fingerprint density at radius 1 is 0.567 bits per heavy atom. The van der Waals surface area contributed by atoms with Crippen molar-refractivity contribution in [3.05, 3.63) is 99.5 Å². The fraction of sp³-hybridized carbons (Fsp3) is 0.357. The second-order valence-corrected chi connectivity index (χ2v) is 11.1. The molecule has 1 nitrogen and oxygen atoms in total. The van der Waals surface area contributed by atoms with Crippen LogP contribution in [0.25, 0.3) is 0 Å². The van der Waals surface area contributed by atoms with Crippen LogP contribution >= 0.6 is 15.9 Å². The van der Waals surface area contributed by atoms with E-state index in [0.29, 0.717) is 0 Å². The van der Waals surface area contributed by atoms with Crippen LogP contribution in [0.1, 0.15) is 63.8 Å². The number of hydrogen-bond donors (Lipinski definition) is 0. The van der Waals surface area contributed by atoms with Gasteiger partial charge >= 0.3 is 0 Å². The van der Waals surface area contributed by atoms with E-state index in [2.05, 4.69) is 135 Å². The van der Waals surface area contributed by atoms with E-state index in [9.17, 15) is 0 Å². The van der Waals surface area contributed by atoms with E-state index in [4.69, 9.17) is 0 Å². The number of rotatable bonds is 5. The molecular weight excluding hydrogens is 430 g/mol.